The van der Waals surface area contributed by atoms with E-state index in [4.69, 9.17) is 27.9 Å². The van der Waals surface area contributed by atoms with Crippen LogP contribution in [0.15, 0.2) is 10.5 Å². The van der Waals surface area contributed by atoms with Gasteiger partial charge in [0.2, 0.25) is 0 Å². The van der Waals surface area contributed by atoms with Gasteiger partial charge in [0.25, 0.3) is 0 Å². The molecule has 2 nitrogen and oxygen atoms in total. The Labute approximate surface area is 99.9 Å². The Hall–Kier alpha value is 0.0400. The maximum absolute atomic E-state index is 9.75. The molecular formula is C9H7BrCl2O2. The van der Waals surface area contributed by atoms with E-state index in [0.717, 1.165) is 0 Å². The molecule has 1 aromatic rings. The zero-order valence-corrected chi connectivity index (χ0v) is 10.2. The van der Waals surface area contributed by atoms with E-state index in [2.05, 4.69) is 15.9 Å². The third-order valence-corrected chi connectivity index (χ3v) is 3.67. The summed E-state index contributed by atoms with van der Waals surface area (Å²) in [4.78, 5) is 0. The third kappa shape index (κ3) is 1.63. The fourth-order valence-electron chi connectivity index (χ4n) is 1.46. The lowest BCUT2D eigenvalue weighted by Gasteiger charge is -2.24. The quantitative estimate of drug-likeness (QED) is 0.742. The lowest BCUT2D eigenvalue weighted by Crippen LogP contribution is -2.14. The van der Waals surface area contributed by atoms with Gasteiger partial charge in [0.05, 0.1) is 22.8 Å². The number of aliphatic hydroxyl groups excluding tert-OH is 1. The summed E-state index contributed by atoms with van der Waals surface area (Å²) in [6.45, 7) is 0.464. The van der Waals surface area contributed by atoms with E-state index in [1.165, 1.54) is 0 Å². The SMILES string of the molecule is OC1CCOc2c(Cl)cc(Br)c(Cl)c21. The number of hydrogen-bond acceptors (Lipinski definition) is 2. The van der Waals surface area contributed by atoms with Gasteiger partial charge in [0.1, 0.15) is 5.75 Å². The van der Waals surface area contributed by atoms with Crippen molar-refractivity contribution in [1.29, 1.82) is 0 Å². The Morgan fingerprint density at radius 3 is 2.93 bits per heavy atom. The summed E-state index contributed by atoms with van der Waals surface area (Å²) in [5.41, 5.74) is 0.581. The standard InChI is InChI=1S/C9H7BrCl2O2/c10-4-3-5(11)9-7(8(4)12)6(13)1-2-14-9/h3,6,13H,1-2H2. The molecule has 0 aromatic heterocycles. The van der Waals surface area contributed by atoms with Crippen LogP contribution < -0.4 is 4.74 Å². The van der Waals surface area contributed by atoms with Crippen LogP contribution in [0.5, 0.6) is 5.75 Å². The number of halogens is 3. The molecule has 0 fully saturated rings. The minimum absolute atomic E-state index is 0.464. The Morgan fingerprint density at radius 1 is 1.50 bits per heavy atom. The highest BCUT2D eigenvalue weighted by Crippen LogP contribution is 2.45. The molecule has 0 saturated carbocycles. The second kappa shape index (κ2) is 3.89. The molecule has 0 bridgehead atoms. The Bertz CT molecular complexity index is 382. The molecule has 1 unspecified atom stereocenters. The lowest BCUT2D eigenvalue weighted by atomic mass is 10.0. The normalized spacial score (nSPS) is 20.1. The highest BCUT2D eigenvalue weighted by molar-refractivity contribution is 9.10. The van der Waals surface area contributed by atoms with E-state index in [1.807, 2.05) is 0 Å². The minimum Gasteiger partial charge on any atom is -0.491 e. The molecule has 5 heteroatoms. The predicted octanol–water partition coefficient (Wildman–Crippen LogP) is 3.57. The largest absolute Gasteiger partial charge is 0.491 e. The van der Waals surface area contributed by atoms with Crippen LogP contribution in [0.2, 0.25) is 10.0 Å². The van der Waals surface area contributed by atoms with E-state index >= 15 is 0 Å². The van der Waals surface area contributed by atoms with Gasteiger partial charge in [-0.25, -0.2) is 0 Å². The first-order valence-electron chi connectivity index (χ1n) is 4.09. The summed E-state index contributed by atoms with van der Waals surface area (Å²) in [6.07, 6.45) is -0.0549. The molecule has 0 spiro atoms. The van der Waals surface area contributed by atoms with Crippen LogP contribution in [-0.4, -0.2) is 11.7 Å². The van der Waals surface area contributed by atoms with Crippen molar-refractivity contribution in [3.05, 3.63) is 26.1 Å². The minimum atomic E-state index is -0.596. The molecule has 2 rings (SSSR count). The van der Waals surface area contributed by atoms with Crippen LogP contribution in [-0.2, 0) is 0 Å². The lowest BCUT2D eigenvalue weighted by molar-refractivity contribution is 0.115. The van der Waals surface area contributed by atoms with Crippen molar-refractivity contribution in [1.82, 2.24) is 0 Å². The van der Waals surface area contributed by atoms with Gasteiger partial charge in [0.15, 0.2) is 0 Å². The fourth-order valence-corrected chi connectivity index (χ4v) is 2.56. The molecule has 0 radical (unpaired) electrons. The number of aliphatic hydroxyl groups is 1. The van der Waals surface area contributed by atoms with Crippen LogP contribution in [0.1, 0.15) is 18.1 Å². The second-order valence-electron chi connectivity index (χ2n) is 3.05. The molecule has 0 aliphatic carbocycles. The molecular weight excluding hydrogens is 291 g/mol. The van der Waals surface area contributed by atoms with Crippen molar-refractivity contribution in [2.24, 2.45) is 0 Å². The van der Waals surface area contributed by atoms with Crippen molar-refractivity contribution in [3.8, 4) is 5.75 Å². The van der Waals surface area contributed by atoms with Crippen molar-refractivity contribution in [2.45, 2.75) is 12.5 Å². The number of hydrogen-bond donors (Lipinski definition) is 1. The van der Waals surface area contributed by atoms with Gasteiger partial charge in [-0.05, 0) is 22.0 Å². The number of benzene rings is 1. The van der Waals surface area contributed by atoms with Crippen LogP contribution >= 0.6 is 39.1 Å². The molecule has 0 saturated heterocycles. The summed E-state index contributed by atoms with van der Waals surface area (Å²) in [5.74, 6) is 0.499. The van der Waals surface area contributed by atoms with Crippen molar-refractivity contribution < 1.29 is 9.84 Å². The molecule has 1 N–H and O–H groups in total. The van der Waals surface area contributed by atoms with Gasteiger partial charge in [-0.2, -0.15) is 0 Å². The maximum atomic E-state index is 9.75. The first kappa shape index (κ1) is 10.6. The number of ether oxygens (including phenoxy) is 1. The van der Waals surface area contributed by atoms with Gasteiger partial charge in [-0.3, -0.25) is 0 Å². The third-order valence-electron chi connectivity index (χ3n) is 2.13. The number of fused-ring (bicyclic) bond motifs is 1. The maximum Gasteiger partial charge on any atom is 0.145 e. The number of rotatable bonds is 0. The highest BCUT2D eigenvalue weighted by atomic mass is 79.9. The summed E-state index contributed by atoms with van der Waals surface area (Å²) in [7, 11) is 0. The van der Waals surface area contributed by atoms with Crippen LogP contribution in [0.25, 0.3) is 0 Å². The molecule has 1 aromatic carbocycles. The smallest absolute Gasteiger partial charge is 0.145 e. The summed E-state index contributed by atoms with van der Waals surface area (Å²) >= 11 is 15.3. The van der Waals surface area contributed by atoms with Gasteiger partial charge in [-0.1, -0.05) is 23.2 Å². The first-order chi connectivity index (χ1) is 6.61. The zero-order valence-electron chi connectivity index (χ0n) is 7.06. The Morgan fingerprint density at radius 2 is 2.21 bits per heavy atom. The van der Waals surface area contributed by atoms with E-state index in [-0.39, 0.29) is 0 Å². The molecule has 1 atom stereocenters. The van der Waals surface area contributed by atoms with Crippen LogP contribution in [0.3, 0.4) is 0 Å². The summed E-state index contributed by atoms with van der Waals surface area (Å²) in [6, 6.07) is 1.67. The highest BCUT2D eigenvalue weighted by Gasteiger charge is 2.26. The van der Waals surface area contributed by atoms with E-state index < -0.39 is 6.10 Å². The van der Waals surface area contributed by atoms with Gasteiger partial charge in [-0.15, -0.1) is 0 Å². The van der Waals surface area contributed by atoms with Crippen molar-refractivity contribution in [3.63, 3.8) is 0 Å². The van der Waals surface area contributed by atoms with E-state index in [0.29, 0.717) is 38.9 Å². The zero-order chi connectivity index (χ0) is 10.3. The second-order valence-corrected chi connectivity index (χ2v) is 4.69. The average Bonchev–Trinajstić information content (AvgIpc) is 2.14. The molecule has 76 valence electrons. The fraction of sp³-hybridized carbons (Fsp3) is 0.333. The molecule has 1 aliphatic heterocycles. The van der Waals surface area contributed by atoms with Gasteiger partial charge >= 0.3 is 0 Å². The molecule has 1 heterocycles. The Kier molecular flexibility index (Phi) is 2.93. The monoisotopic (exact) mass is 296 g/mol. The summed E-state index contributed by atoms with van der Waals surface area (Å²) in [5, 5.41) is 10.7. The van der Waals surface area contributed by atoms with Gasteiger partial charge < -0.3 is 9.84 Å². The van der Waals surface area contributed by atoms with Crippen LogP contribution in [0, 0.1) is 0 Å². The summed E-state index contributed by atoms with van der Waals surface area (Å²) < 4.78 is 6.04. The first-order valence-corrected chi connectivity index (χ1v) is 5.64. The average molecular weight is 298 g/mol. The van der Waals surface area contributed by atoms with Gasteiger partial charge in [0, 0.05) is 16.5 Å². The van der Waals surface area contributed by atoms with Crippen molar-refractivity contribution >= 4 is 39.1 Å². The predicted molar refractivity (Wildman–Crippen MR) is 59.2 cm³/mol. The van der Waals surface area contributed by atoms with Crippen molar-refractivity contribution in [2.75, 3.05) is 6.61 Å². The molecule has 14 heavy (non-hydrogen) atoms. The van der Waals surface area contributed by atoms with E-state index in [1.54, 1.807) is 6.07 Å². The van der Waals surface area contributed by atoms with Crippen LogP contribution in [0.4, 0.5) is 0 Å². The van der Waals surface area contributed by atoms with E-state index in [9.17, 15) is 5.11 Å². The topological polar surface area (TPSA) is 29.5 Å². The Balaban J connectivity index is 2.67. The molecule has 0 amide bonds. The molecule has 1 aliphatic rings.